The molecule has 16 heavy (non-hydrogen) atoms. The average molecular weight is 238 g/mol. The molecule has 0 heterocycles. The summed E-state index contributed by atoms with van der Waals surface area (Å²) >= 11 is 5.88. The Labute approximate surface area is 103 Å². The van der Waals surface area contributed by atoms with Gasteiger partial charge in [-0.2, -0.15) is 0 Å². The second-order valence-corrected chi connectivity index (χ2v) is 5.27. The van der Waals surface area contributed by atoms with Crippen molar-refractivity contribution in [2.45, 2.75) is 38.6 Å². The molecule has 88 valence electrons. The van der Waals surface area contributed by atoms with Crippen molar-refractivity contribution in [1.82, 2.24) is 5.32 Å². The monoisotopic (exact) mass is 237 g/mol. The summed E-state index contributed by atoms with van der Waals surface area (Å²) in [7, 11) is 0. The Morgan fingerprint density at radius 2 is 1.88 bits per heavy atom. The smallest absolute Gasteiger partial charge is 0.0406 e. The van der Waals surface area contributed by atoms with E-state index in [0.29, 0.717) is 6.04 Å². The lowest BCUT2D eigenvalue weighted by Gasteiger charge is -2.17. The SMILES string of the molecule is C[C@@H](NCC1CCCC1)c1ccc(Cl)cc1. The van der Waals surface area contributed by atoms with Gasteiger partial charge in [0.25, 0.3) is 0 Å². The first-order chi connectivity index (χ1) is 7.75. The minimum absolute atomic E-state index is 0.429. The Kier molecular flexibility index (Phi) is 4.25. The van der Waals surface area contributed by atoms with Gasteiger partial charge in [-0.15, -0.1) is 0 Å². The lowest BCUT2D eigenvalue weighted by Crippen LogP contribution is -2.24. The predicted molar refractivity (Wildman–Crippen MR) is 69.8 cm³/mol. The average Bonchev–Trinajstić information content (AvgIpc) is 2.80. The molecule has 0 saturated heterocycles. The van der Waals surface area contributed by atoms with E-state index in [9.17, 15) is 0 Å². The summed E-state index contributed by atoms with van der Waals surface area (Å²) in [5.41, 5.74) is 1.32. The molecule has 1 aliphatic carbocycles. The lowest BCUT2D eigenvalue weighted by molar-refractivity contribution is 0.452. The van der Waals surface area contributed by atoms with Gasteiger partial charge >= 0.3 is 0 Å². The van der Waals surface area contributed by atoms with Crippen LogP contribution in [0, 0.1) is 5.92 Å². The van der Waals surface area contributed by atoms with E-state index in [1.165, 1.54) is 31.2 Å². The van der Waals surface area contributed by atoms with Crippen molar-refractivity contribution in [3.8, 4) is 0 Å². The van der Waals surface area contributed by atoms with Crippen LogP contribution >= 0.6 is 11.6 Å². The molecule has 1 atom stereocenters. The van der Waals surface area contributed by atoms with E-state index in [0.717, 1.165) is 17.5 Å². The highest BCUT2D eigenvalue weighted by molar-refractivity contribution is 6.30. The summed E-state index contributed by atoms with van der Waals surface area (Å²) in [5, 5.41) is 4.43. The van der Waals surface area contributed by atoms with Gasteiger partial charge in [-0.05, 0) is 49.9 Å². The first kappa shape index (κ1) is 11.9. The third-order valence-corrected chi connectivity index (χ3v) is 3.81. The standard InChI is InChI=1S/C14H20ClN/c1-11(13-6-8-14(15)9-7-13)16-10-12-4-2-3-5-12/h6-9,11-12,16H,2-5,10H2,1H3/t11-/m1/s1. The molecule has 0 spiro atoms. The quantitative estimate of drug-likeness (QED) is 0.829. The largest absolute Gasteiger partial charge is 0.310 e. The van der Waals surface area contributed by atoms with Crippen LogP contribution in [0.1, 0.15) is 44.2 Å². The van der Waals surface area contributed by atoms with Crippen LogP contribution in [0.2, 0.25) is 5.02 Å². The van der Waals surface area contributed by atoms with Gasteiger partial charge in [0.15, 0.2) is 0 Å². The number of rotatable bonds is 4. The summed E-state index contributed by atoms with van der Waals surface area (Å²) in [6, 6.07) is 8.57. The molecule has 0 unspecified atom stereocenters. The number of nitrogens with one attached hydrogen (secondary N) is 1. The highest BCUT2D eigenvalue weighted by atomic mass is 35.5. The van der Waals surface area contributed by atoms with Gasteiger partial charge in [-0.25, -0.2) is 0 Å². The normalized spacial score (nSPS) is 18.9. The van der Waals surface area contributed by atoms with E-state index >= 15 is 0 Å². The summed E-state index contributed by atoms with van der Waals surface area (Å²) in [6.07, 6.45) is 5.64. The van der Waals surface area contributed by atoms with Gasteiger partial charge in [0, 0.05) is 11.1 Å². The first-order valence-electron chi connectivity index (χ1n) is 6.24. The lowest BCUT2D eigenvalue weighted by atomic mass is 10.1. The zero-order chi connectivity index (χ0) is 11.4. The van der Waals surface area contributed by atoms with Crippen LogP contribution in [-0.2, 0) is 0 Å². The van der Waals surface area contributed by atoms with Gasteiger partial charge in [0.1, 0.15) is 0 Å². The summed E-state index contributed by atoms with van der Waals surface area (Å²) < 4.78 is 0. The Morgan fingerprint density at radius 1 is 1.25 bits per heavy atom. The summed E-state index contributed by atoms with van der Waals surface area (Å²) in [5.74, 6) is 0.898. The molecule has 1 fully saturated rings. The van der Waals surface area contributed by atoms with Crippen molar-refractivity contribution in [1.29, 1.82) is 0 Å². The number of benzene rings is 1. The van der Waals surface area contributed by atoms with Gasteiger partial charge in [0.05, 0.1) is 0 Å². The number of hydrogen-bond donors (Lipinski definition) is 1. The fraction of sp³-hybridized carbons (Fsp3) is 0.571. The molecule has 1 saturated carbocycles. The van der Waals surface area contributed by atoms with Crippen LogP contribution < -0.4 is 5.32 Å². The van der Waals surface area contributed by atoms with Crippen molar-refractivity contribution in [2.75, 3.05) is 6.54 Å². The molecule has 0 radical (unpaired) electrons. The molecule has 0 aromatic heterocycles. The minimum Gasteiger partial charge on any atom is -0.310 e. The van der Waals surface area contributed by atoms with E-state index < -0.39 is 0 Å². The molecular formula is C14H20ClN. The molecule has 1 aromatic rings. The van der Waals surface area contributed by atoms with Crippen molar-refractivity contribution in [2.24, 2.45) is 5.92 Å². The molecule has 0 amide bonds. The van der Waals surface area contributed by atoms with E-state index in [2.05, 4.69) is 24.4 Å². The van der Waals surface area contributed by atoms with Crippen molar-refractivity contribution in [3.05, 3.63) is 34.9 Å². The molecule has 1 aromatic carbocycles. The van der Waals surface area contributed by atoms with Crippen molar-refractivity contribution >= 4 is 11.6 Å². The molecule has 2 heteroatoms. The third kappa shape index (κ3) is 3.23. The molecule has 1 nitrogen and oxygen atoms in total. The van der Waals surface area contributed by atoms with Gasteiger partial charge in [0.2, 0.25) is 0 Å². The number of halogens is 1. The van der Waals surface area contributed by atoms with Gasteiger partial charge in [-0.3, -0.25) is 0 Å². The van der Waals surface area contributed by atoms with Gasteiger partial charge < -0.3 is 5.32 Å². The minimum atomic E-state index is 0.429. The molecule has 0 bridgehead atoms. The molecule has 0 aliphatic heterocycles. The second kappa shape index (κ2) is 5.70. The highest BCUT2D eigenvalue weighted by Crippen LogP contribution is 2.25. The Bertz CT molecular complexity index is 314. The van der Waals surface area contributed by atoms with Gasteiger partial charge in [-0.1, -0.05) is 36.6 Å². The van der Waals surface area contributed by atoms with E-state index in [1.54, 1.807) is 0 Å². The van der Waals surface area contributed by atoms with Crippen LogP contribution in [0.5, 0.6) is 0 Å². The second-order valence-electron chi connectivity index (χ2n) is 4.83. The summed E-state index contributed by atoms with van der Waals surface area (Å²) in [6.45, 7) is 3.38. The van der Waals surface area contributed by atoms with Crippen LogP contribution in [0.3, 0.4) is 0 Å². The van der Waals surface area contributed by atoms with Crippen molar-refractivity contribution < 1.29 is 0 Å². The maximum atomic E-state index is 5.88. The van der Waals surface area contributed by atoms with E-state index in [4.69, 9.17) is 11.6 Å². The van der Waals surface area contributed by atoms with Crippen LogP contribution in [0.15, 0.2) is 24.3 Å². The fourth-order valence-corrected chi connectivity index (χ4v) is 2.55. The zero-order valence-electron chi connectivity index (χ0n) is 9.88. The molecule has 2 rings (SSSR count). The maximum Gasteiger partial charge on any atom is 0.0406 e. The summed E-state index contributed by atoms with van der Waals surface area (Å²) in [4.78, 5) is 0. The Balaban J connectivity index is 1.82. The van der Waals surface area contributed by atoms with Crippen molar-refractivity contribution in [3.63, 3.8) is 0 Å². The third-order valence-electron chi connectivity index (χ3n) is 3.56. The molecular weight excluding hydrogens is 218 g/mol. The Morgan fingerprint density at radius 3 is 2.50 bits per heavy atom. The Hall–Kier alpha value is -0.530. The van der Waals surface area contributed by atoms with Crippen LogP contribution in [-0.4, -0.2) is 6.54 Å². The maximum absolute atomic E-state index is 5.88. The first-order valence-corrected chi connectivity index (χ1v) is 6.62. The predicted octanol–water partition coefficient (Wildman–Crippen LogP) is 4.18. The molecule has 1 N–H and O–H groups in total. The van der Waals surface area contributed by atoms with E-state index in [1.807, 2.05) is 12.1 Å². The zero-order valence-corrected chi connectivity index (χ0v) is 10.6. The van der Waals surface area contributed by atoms with E-state index in [-0.39, 0.29) is 0 Å². The fourth-order valence-electron chi connectivity index (χ4n) is 2.43. The van der Waals surface area contributed by atoms with Crippen LogP contribution in [0.25, 0.3) is 0 Å². The number of hydrogen-bond acceptors (Lipinski definition) is 1. The molecule has 1 aliphatic rings. The highest BCUT2D eigenvalue weighted by Gasteiger charge is 2.15. The van der Waals surface area contributed by atoms with Crippen LogP contribution in [0.4, 0.5) is 0 Å². The topological polar surface area (TPSA) is 12.0 Å².